The normalized spacial score (nSPS) is 13.5. The highest BCUT2D eigenvalue weighted by molar-refractivity contribution is 6.07. The van der Waals surface area contributed by atoms with Gasteiger partial charge in [0, 0.05) is 30.4 Å². The van der Waals surface area contributed by atoms with Gasteiger partial charge in [0.15, 0.2) is 0 Å². The third-order valence-corrected chi connectivity index (χ3v) is 5.21. The predicted octanol–water partition coefficient (Wildman–Crippen LogP) is 4.22. The molecule has 0 aliphatic carbocycles. The molecule has 1 saturated heterocycles. The molecule has 1 aromatic heterocycles. The Balaban J connectivity index is 1.53. The SMILES string of the molecule is NC(=O)c1ccc(N2CCCCC2)c(NC(=O)c2ccc(Oc3cccnc3)cc2)c1. The average Bonchev–Trinajstić information content (AvgIpc) is 2.80. The highest BCUT2D eigenvalue weighted by atomic mass is 16.5. The van der Waals surface area contributed by atoms with Gasteiger partial charge in [-0.1, -0.05) is 0 Å². The van der Waals surface area contributed by atoms with E-state index >= 15 is 0 Å². The quantitative estimate of drug-likeness (QED) is 0.627. The predicted molar refractivity (Wildman–Crippen MR) is 120 cm³/mol. The first-order valence-electron chi connectivity index (χ1n) is 10.3. The summed E-state index contributed by atoms with van der Waals surface area (Å²) in [6.07, 6.45) is 6.69. The summed E-state index contributed by atoms with van der Waals surface area (Å²) in [5.41, 5.74) is 7.77. The number of piperidine rings is 1. The molecular formula is C24H24N4O3. The summed E-state index contributed by atoms with van der Waals surface area (Å²) in [5.74, 6) is 0.425. The topological polar surface area (TPSA) is 97.6 Å². The van der Waals surface area contributed by atoms with Crippen molar-refractivity contribution in [1.82, 2.24) is 4.98 Å². The molecule has 3 aromatic rings. The second-order valence-corrected chi connectivity index (χ2v) is 7.41. The highest BCUT2D eigenvalue weighted by Crippen LogP contribution is 2.30. The molecule has 31 heavy (non-hydrogen) atoms. The van der Waals surface area contributed by atoms with Crippen LogP contribution in [-0.4, -0.2) is 29.9 Å². The summed E-state index contributed by atoms with van der Waals surface area (Å²) in [4.78, 5) is 30.8. The van der Waals surface area contributed by atoms with E-state index in [0.717, 1.165) is 31.6 Å². The number of ether oxygens (including phenoxy) is 1. The van der Waals surface area contributed by atoms with Crippen LogP contribution in [0.25, 0.3) is 0 Å². The number of nitrogens with two attached hydrogens (primary N) is 1. The van der Waals surface area contributed by atoms with Gasteiger partial charge in [0.05, 0.1) is 17.6 Å². The first kappa shape index (κ1) is 20.4. The third-order valence-electron chi connectivity index (χ3n) is 5.21. The zero-order chi connectivity index (χ0) is 21.6. The maximum Gasteiger partial charge on any atom is 0.255 e. The van der Waals surface area contributed by atoms with E-state index in [4.69, 9.17) is 10.5 Å². The van der Waals surface area contributed by atoms with Crippen molar-refractivity contribution in [2.45, 2.75) is 19.3 Å². The van der Waals surface area contributed by atoms with Gasteiger partial charge in [-0.05, 0) is 73.9 Å². The molecule has 4 rings (SSSR count). The molecule has 3 N–H and O–H groups in total. The van der Waals surface area contributed by atoms with Gasteiger partial charge in [-0.2, -0.15) is 0 Å². The van der Waals surface area contributed by atoms with Crippen molar-refractivity contribution in [3.63, 3.8) is 0 Å². The number of benzene rings is 2. The molecule has 2 aromatic carbocycles. The van der Waals surface area contributed by atoms with Crippen LogP contribution in [0.3, 0.4) is 0 Å². The molecule has 7 heteroatoms. The van der Waals surface area contributed by atoms with E-state index in [2.05, 4.69) is 15.2 Å². The molecule has 0 unspecified atom stereocenters. The maximum absolute atomic E-state index is 12.9. The lowest BCUT2D eigenvalue weighted by molar-refractivity contribution is 0.0996. The van der Waals surface area contributed by atoms with Crippen LogP contribution in [0.1, 0.15) is 40.0 Å². The number of nitrogens with zero attached hydrogens (tertiary/aromatic N) is 2. The Bertz CT molecular complexity index is 1060. The number of aromatic nitrogens is 1. The number of carbonyl (C=O) groups excluding carboxylic acids is 2. The Kier molecular flexibility index (Phi) is 6.12. The summed E-state index contributed by atoms with van der Waals surface area (Å²) in [5, 5.41) is 2.95. The standard InChI is InChI=1S/C24H24N4O3/c25-23(29)18-8-11-22(28-13-2-1-3-14-28)21(15-18)27-24(30)17-6-9-19(10-7-17)31-20-5-4-12-26-16-20/h4-12,15-16H,1-3,13-14H2,(H2,25,29)(H,27,30). The van der Waals surface area contributed by atoms with Crippen molar-refractivity contribution in [3.8, 4) is 11.5 Å². The molecule has 0 bridgehead atoms. The van der Waals surface area contributed by atoms with Crippen LogP contribution in [0.2, 0.25) is 0 Å². The zero-order valence-corrected chi connectivity index (χ0v) is 17.1. The van der Waals surface area contributed by atoms with E-state index in [-0.39, 0.29) is 5.91 Å². The Morgan fingerprint density at radius 2 is 1.68 bits per heavy atom. The van der Waals surface area contributed by atoms with Crippen LogP contribution in [0.15, 0.2) is 67.0 Å². The summed E-state index contributed by atoms with van der Waals surface area (Å²) in [6, 6.07) is 15.6. The Labute approximate surface area is 180 Å². The molecule has 0 atom stereocenters. The Hall–Kier alpha value is -3.87. The molecular weight excluding hydrogens is 392 g/mol. The molecule has 0 radical (unpaired) electrons. The summed E-state index contributed by atoms with van der Waals surface area (Å²) in [6.45, 7) is 1.83. The number of pyridine rings is 1. The van der Waals surface area contributed by atoms with Crippen molar-refractivity contribution < 1.29 is 14.3 Å². The largest absolute Gasteiger partial charge is 0.456 e. The monoisotopic (exact) mass is 416 g/mol. The van der Waals surface area contributed by atoms with Gasteiger partial charge in [-0.25, -0.2) is 0 Å². The lowest BCUT2D eigenvalue weighted by Gasteiger charge is -2.30. The average molecular weight is 416 g/mol. The highest BCUT2D eigenvalue weighted by Gasteiger charge is 2.18. The van der Waals surface area contributed by atoms with Crippen LogP contribution in [0.5, 0.6) is 11.5 Å². The number of amides is 2. The smallest absolute Gasteiger partial charge is 0.255 e. The van der Waals surface area contributed by atoms with E-state index in [0.29, 0.717) is 28.3 Å². The summed E-state index contributed by atoms with van der Waals surface area (Å²) in [7, 11) is 0. The van der Waals surface area contributed by atoms with E-state index < -0.39 is 5.91 Å². The van der Waals surface area contributed by atoms with Gasteiger partial charge in [0.1, 0.15) is 11.5 Å². The van der Waals surface area contributed by atoms with Gasteiger partial charge in [-0.15, -0.1) is 0 Å². The van der Waals surface area contributed by atoms with Gasteiger partial charge in [0.25, 0.3) is 5.91 Å². The maximum atomic E-state index is 12.9. The van der Waals surface area contributed by atoms with E-state index in [1.807, 2.05) is 12.1 Å². The number of hydrogen-bond acceptors (Lipinski definition) is 5. The molecule has 1 fully saturated rings. The van der Waals surface area contributed by atoms with Crippen LogP contribution >= 0.6 is 0 Å². The molecule has 1 aliphatic rings. The molecule has 7 nitrogen and oxygen atoms in total. The first-order valence-corrected chi connectivity index (χ1v) is 10.3. The fraction of sp³-hybridized carbons (Fsp3) is 0.208. The first-order chi connectivity index (χ1) is 15.1. The van der Waals surface area contributed by atoms with Crippen molar-refractivity contribution >= 4 is 23.2 Å². The van der Waals surface area contributed by atoms with Gasteiger partial charge < -0.3 is 20.7 Å². The van der Waals surface area contributed by atoms with Crippen molar-refractivity contribution in [2.75, 3.05) is 23.3 Å². The lowest BCUT2D eigenvalue weighted by Crippen LogP contribution is -2.30. The fourth-order valence-electron chi connectivity index (χ4n) is 3.61. The van der Waals surface area contributed by atoms with Crippen LogP contribution < -0.4 is 20.7 Å². The van der Waals surface area contributed by atoms with Crippen LogP contribution in [0.4, 0.5) is 11.4 Å². The van der Waals surface area contributed by atoms with Crippen molar-refractivity contribution in [3.05, 3.63) is 78.1 Å². The minimum absolute atomic E-state index is 0.271. The van der Waals surface area contributed by atoms with E-state index in [1.54, 1.807) is 54.9 Å². The number of anilines is 2. The van der Waals surface area contributed by atoms with Gasteiger partial charge in [0.2, 0.25) is 5.91 Å². The molecule has 1 aliphatic heterocycles. The van der Waals surface area contributed by atoms with Crippen LogP contribution in [-0.2, 0) is 0 Å². The third kappa shape index (κ3) is 5.01. The minimum atomic E-state index is -0.530. The molecule has 0 saturated carbocycles. The molecule has 2 heterocycles. The molecule has 2 amide bonds. The second kappa shape index (κ2) is 9.30. The fourth-order valence-corrected chi connectivity index (χ4v) is 3.61. The minimum Gasteiger partial charge on any atom is -0.456 e. The number of nitrogens with one attached hydrogen (secondary N) is 1. The molecule has 158 valence electrons. The summed E-state index contributed by atoms with van der Waals surface area (Å²) >= 11 is 0. The van der Waals surface area contributed by atoms with Crippen molar-refractivity contribution in [1.29, 1.82) is 0 Å². The van der Waals surface area contributed by atoms with E-state index in [9.17, 15) is 9.59 Å². The zero-order valence-electron chi connectivity index (χ0n) is 17.1. The number of carbonyl (C=O) groups is 2. The molecule has 0 spiro atoms. The van der Waals surface area contributed by atoms with Crippen molar-refractivity contribution in [2.24, 2.45) is 5.73 Å². The number of rotatable bonds is 6. The number of primary amides is 1. The second-order valence-electron chi connectivity index (χ2n) is 7.41. The van der Waals surface area contributed by atoms with Crippen LogP contribution in [0, 0.1) is 0 Å². The van der Waals surface area contributed by atoms with Gasteiger partial charge in [-0.3, -0.25) is 14.6 Å². The Morgan fingerprint density at radius 1 is 0.935 bits per heavy atom. The van der Waals surface area contributed by atoms with E-state index in [1.165, 1.54) is 6.42 Å². The summed E-state index contributed by atoms with van der Waals surface area (Å²) < 4.78 is 5.72. The number of hydrogen-bond donors (Lipinski definition) is 2. The van der Waals surface area contributed by atoms with Gasteiger partial charge >= 0.3 is 0 Å². The Morgan fingerprint density at radius 3 is 2.35 bits per heavy atom. The lowest BCUT2D eigenvalue weighted by atomic mass is 10.1.